The molecule has 24 nitrogen and oxygen atoms in total. The Labute approximate surface area is 590 Å². The smallest absolute Gasteiger partial charge is 0.321 e. The standard InChI is InChI=1S/C75H123N7O17/c1-48-42-73(9,92-19)65(99-67-61(84)59(78(13)14)41-50(3)97-67)52(5)63(86)72(8,69(88)95-47-75(80(16)44-48)32-35-82(36-33-75)70(89)76-55-24-28-57(91-18)29-25-55)31-30-54-43-74(10,93-20)64(98-66-60(83)58(77(11)12)40-49(2)96-66)51(4)62(85)71(6,7)68(87)94-39-21-34-81(38-37-79(15)45-54)46-53-22-26-56(90-17)27-23-53/h22-29,48-52,54,58-61,64-67,83-84H,21,30-47H2,1-20H3,(H,76,89)/t48-,49-,50-,51+,52+,54-,58+,59+,60-,61-,64-,65-,66+,67+,72+,73-,74-/m1/s1. The number of likely N-dealkylation sites (N-methyl/N-ethyl adjacent to an activating group) is 4. The molecule has 3 N–H and O–H groups in total. The largest absolute Gasteiger partial charge is 0.497 e. The zero-order chi connectivity index (χ0) is 73.1. The summed E-state index contributed by atoms with van der Waals surface area (Å²) in [4.78, 5) is 88.7. The van der Waals surface area contributed by atoms with Crippen LogP contribution in [0.3, 0.4) is 0 Å². The van der Waals surface area contributed by atoms with Gasteiger partial charge in [-0.2, -0.15) is 0 Å². The summed E-state index contributed by atoms with van der Waals surface area (Å²) in [7, 11) is 18.0. The number of ketones is 2. The lowest BCUT2D eigenvalue weighted by molar-refractivity contribution is -0.296. The molecule has 0 saturated carbocycles. The summed E-state index contributed by atoms with van der Waals surface area (Å²) < 4.78 is 64.0. The van der Waals surface area contributed by atoms with E-state index in [-0.39, 0.29) is 68.7 Å². The minimum Gasteiger partial charge on any atom is -0.497 e. The van der Waals surface area contributed by atoms with Gasteiger partial charge in [0.1, 0.15) is 41.1 Å². The highest BCUT2D eigenvalue weighted by Gasteiger charge is 2.56. The van der Waals surface area contributed by atoms with Gasteiger partial charge in [-0.05, 0) is 202 Å². The number of ether oxygens (including phenoxy) is 10. The Hall–Kier alpha value is -4.93. The maximum atomic E-state index is 16.6. The third kappa shape index (κ3) is 19.9. The molecule has 1 spiro atoms. The molecule has 0 radical (unpaired) electrons. The Morgan fingerprint density at radius 1 is 0.646 bits per heavy atom. The molecule has 5 fully saturated rings. The van der Waals surface area contributed by atoms with Gasteiger partial charge in [0.15, 0.2) is 24.1 Å². The van der Waals surface area contributed by atoms with Crippen LogP contribution in [0.4, 0.5) is 10.5 Å². The van der Waals surface area contributed by atoms with E-state index in [9.17, 15) is 19.8 Å². The molecule has 560 valence electrons. The van der Waals surface area contributed by atoms with Gasteiger partial charge in [-0.25, -0.2) is 4.79 Å². The molecule has 5 heterocycles. The Bertz CT molecular complexity index is 2930. The van der Waals surface area contributed by atoms with E-state index in [1.165, 1.54) is 0 Å². The Morgan fingerprint density at radius 2 is 1.16 bits per heavy atom. The summed E-state index contributed by atoms with van der Waals surface area (Å²) in [6.07, 6.45) is -4.33. The molecule has 0 bridgehead atoms. The highest BCUT2D eigenvalue weighted by atomic mass is 16.7. The molecule has 2 aromatic rings. The highest BCUT2D eigenvalue weighted by Crippen LogP contribution is 2.45. The van der Waals surface area contributed by atoms with Gasteiger partial charge in [0.05, 0.1) is 62.0 Å². The van der Waals surface area contributed by atoms with E-state index in [0.29, 0.717) is 102 Å². The summed E-state index contributed by atoms with van der Waals surface area (Å²) in [5.74, 6) is -3.55. The lowest BCUT2D eigenvalue weighted by atomic mass is 9.69. The van der Waals surface area contributed by atoms with Gasteiger partial charge >= 0.3 is 18.0 Å². The Balaban J connectivity index is 1.33. The first kappa shape index (κ1) is 81.4. The van der Waals surface area contributed by atoms with Gasteiger partial charge in [0.25, 0.3) is 0 Å². The topological polar surface area (TPSA) is 250 Å². The minimum absolute atomic E-state index is 0.0283. The zero-order valence-electron chi connectivity index (χ0n) is 63.3. The van der Waals surface area contributed by atoms with E-state index in [0.717, 1.165) is 11.3 Å². The number of hydrogen-bond donors (Lipinski definition) is 3. The lowest BCUT2D eigenvalue weighted by Crippen LogP contribution is -2.60. The number of cyclic esters (lactones) is 2. The second-order valence-electron chi connectivity index (χ2n) is 31.2. The molecule has 5 aliphatic heterocycles. The normalized spacial score (nSPS) is 35.1. The van der Waals surface area contributed by atoms with E-state index in [1.54, 1.807) is 92.2 Å². The molecule has 0 unspecified atom stereocenters. The maximum absolute atomic E-state index is 16.6. The summed E-state index contributed by atoms with van der Waals surface area (Å²) >= 11 is 0. The zero-order valence-corrected chi connectivity index (χ0v) is 63.3. The van der Waals surface area contributed by atoms with Crippen molar-refractivity contribution in [1.82, 2.24) is 29.4 Å². The number of amides is 2. The van der Waals surface area contributed by atoms with Crippen molar-refractivity contribution in [1.29, 1.82) is 0 Å². The van der Waals surface area contributed by atoms with E-state index in [1.807, 2.05) is 104 Å². The summed E-state index contributed by atoms with van der Waals surface area (Å²) in [6, 6.07) is 14.1. The van der Waals surface area contributed by atoms with Crippen LogP contribution >= 0.6 is 0 Å². The fourth-order valence-electron chi connectivity index (χ4n) is 16.1. The van der Waals surface area contributed by atoms with Crippen LogP contribution in [0.2, 0.25) is 0 Å². The molecule has 2 amide bonds. The van der Waals surface area contributed by atoms with Gasteiger partial charge < -0.3 is 82.5 Å². The van der Waals surface area contributed by atoms with Crippen LogP contribution in [-0.2, 0) is 63.6 Å². The molecular weight excluding hydrogens is 1270 g/mol. The number of anilines is 1. The third-order valence-electron chi connectivity index (χ3n) is 22.6. The summed E-state index contributed by atoms with van der Waals surface area (Å²) in [5.41, 5.74) is -5.21. The SMILES string of the molecule is COc1ccc(CN2CCCOC(=O)C(C)(C)C(=O)[C@H](C)[C@@H](O[C@@H]3O[C@H](C)C[C@H](N(C)C)[C@H]3O)[C@](C)(OC)C[C@@H](CC[C@]3(C)C(=O)OCC4(CCN(C(=O)Nc5ccc(OC)cc5)CC4)N(C)C[C@H](C)C[C@@](C)(OC)[C@H](O[C@@H]4O[C@H](C)C[C@H](N(C)C)[C@H]4O)[C@@H](C)C3=O)CN(C)CC2)cc1. The van der Waals surface area contributed by atoms with Gasteiger partial charge in [-0.15, -0.1) is 0 Å². The van der Waals surface area contributed by atoms with Crippen LogP contribution in [0.15, 0.2) is 48.5 Å². The van der Waals surface area contributed by atoms with Crippen LogP contribution in [-0.4, -0.2) is 277 Å². The van der Waals surface area contributed by atoms with E-state index in [4.69, 9.17) is 47.4 Å². The number of aliphatic hydroxyl groups is 2. The molecule has 24 heteroatoms. The van der Waals surface area contributed by atoms with Crippen molar-refractivity contribution in [2.24, 2.45) is 34.5 Å². The Kier molecular flexibility index (Phi) is 28.8. The summed E-state index contributed by atoms with van der Waals surface area (Å²) in [5, 5.41) is 27.3. The summed E-state index contributed by atoms with van der Waals surface area (Å²) in [6.45, 7) is 22.0. The van der Waals surface area contributed by atoms with Crippen LogP contribution < -0.4 is 14.8 Å². The molecule has 5 aliphatic rings. The number of piperidine rings is 1. The predicted octanol–water partition coefficient (Wildman–Crippen LogP) is 7.63. The molecule has 99 heavy (non-hydrogen) atoms. The number of hydrogen-bond acceptors (Lipinski definition) is 22. The van der Waals surface area contributed by atoms with Crippen LogP contribution in [0.25, 0.3) is 0 Å². The van der Waals surface area contributed by atoms with Crippen molar-refractivity contribution in [3.05, 3.63) is 54.1 Å². The monoisotopic (exact) mass is 1390 g/mol. The fraction of sp³-hybridized carbons (Fsp3) is 0.773. The number of rotatable bonds is 16. The maximum Gasteiger partial charge on any atom is 0.321 e. The number of urea groups is 1. The number of carbonyl (C=O) groups is 5. The van der Waals surface area contributed by atoms with E-state index < -0.39 is 106 Å². The van der Waals surface area contributed by atoms with E-state index in [2.05, 4.69) is 26.9 Å². The van der Waals surface area contributed by atoms with Crippen LogP contribution in [0.1, 0.15) is 133 Å². The molecule has 5 saturated heterocycles. The Morgan fingerprint density at radius 3 is 1.68 bits per heavy atom. The van der Waals surface area contributed by atoms with E-state index >= 15 is 14.4 Å². The quantitative estimate of drug-likeness (QED) is 0.108. The third-order valence-corrected chi connectivity index (χ3v) is 22.6. The average Bonchev–Trinajstić information content (AvgIpc) is 1.65. The first-order valence-corrected chi connectivity index (χ1v) is 35.9. The first-order valence-electron chi connectivity index (χ1n) is 35.9. The number of aliphatic hydroxyl groups excluding tert-OH is 2. The van der Waals surface area contributed by atoms with Gasteiger partial charge in [0, 0.05) is 96.2 Å². The van der Waals surface area contributed by atoms with Gasteiger partial charge in [-0.1, -0.05) is 32.9 Å². The van der Waals surface area contributed by atoms with Gasteiger partial charge in [0.2, 0.25) is 0 Å². The van der Waals surface area contributed by atoms with Crippen molar-refractivity contribution in [2.45, 2.75) is 212 Å². The molecular formula is C75H123N7O17. The lowest BCUT2D eigenvalue weighted by Gasteiger charge is -2.48. The van der Waals surface area contributed by atoms with Crippen molar-refractivity contribution >= 4 is 35.2 Å². The number of nitrogens with one attached hydrogen (secondary N) is 1. The molecule has 0 aromatic heterocycles. The number of methoxy groups -OCH3 is 4. The minimum atomic E-state index is -1.87. The molecule has 2 aromatic carbocycles. The average molecular weight is 1390 g/mol. The number of esters is 2. The molecule has 0 aliphatic carbocycles. The predicted molar refractivity (Wildman–Crippen MR) is 377 cm³/mol. The molecule has 17 atom stereocenters. The van der Waals surface area contributed by atoms with Crippen LogP contribution in [0, 0.1) is 34.5 Å². The molecule has 7 rings (SSSR count). The second kappa shape index (κ2) is 35.0. The van der Waals surface area contributed by atoms with Crippen molar-refractivity contribution < 1.29 is 81.6 Å². The van der Waals surface area contributed by atoms with Crippen molar-refractivity contribution in [3.8, 4) is 11.5 Å². The number of benzene rings is 2. The number of likely N-dealkylation sites (tertiary alicyclic amines) is 1. The number of carbonyl (C=O) groups excluding carboxylic acids is 5. The van der Waals surface area contributed by atoms with Crippen molar-refractivity contribution in [3.63, 3.8) is 0 Å². The van der Waals surface area contributed by atoms with Gasteiger partial charge in [-0.3, -0.25) is 29.0 Å². The van der Waals surface area contributed by atoms with Crippen LogP contribution in [0.5, 0.6) is 11.5 Å². The number of nitrogens with zero attached hydrogens (tertiary/aromatic N) is 6. The number of Topliss-reactive ketones (excluding diaryl/α,β-unsaturated/α-hetero) is 2. The fourth-order valence-corrected chi connectivity index (χ4v) is 16.1. The first-order chi connectivity index (χ1) is 46.6. The van der Waals surface area contributed by atoms with Crippen molar-refractivity contribution in [2.75, 3.05) is 135 Å². The second-order valence-corrected chi connectivity index (χ2v) is 31.2. The highest BCUT2D eigenvalue weighted by molar-refractivity contribution is 6.05.